The van der Waals surface area contributed by atoms with Gasteiger partial charge in [-0.2, -0.15) is 0 Å². The molecule has 1 aromatic heterocycles. The van der Waals surface area contributed by atoms with Crippen LogP contribution in [0.5, 0.6) is 11.5 Å². The zero-order valence-corrected chi connectivity index (χ0v) is 33.7. The summed E-state index contributed by atoms with van der Waals surface area (Å²) in [4.78, 5) is 36.7. The Labute approximate surface area is 333 Å². The smallest absolute Gasteiger partial charge is 0.302 e. The van der Waals surface area contributed by atoms with E-state index in [1.165, 1.54) is 6.92 Å². The van der Waals surface area contributed by atoms with Gasteiger partial charge in [-0.25, -0.2) is 9.98 Å². The number of phenolic OH excluding ortho intramolecular Hbond substituents is 1. The molecule has 300 valence electrons. The number of nitrogens with two attached hydrogens (primary N) is 2. The summed E-state index contributed by atoms with van der Waals surface area (Å²) in [6.45, 7) is 2.64. The number of anilines is 1. The molecule has 0 spiro atoms. The Morgan fingerprint density at radius 1 is 1.11 bits per heavy atom. The van der Waals surface area contributed by atoms with Crippen molar-refractivity contribution in [2.24, 2.45) is 22.1 Å². The zero-order chi connectivity index (χ0) is 38.8. The van der Waals surface area contributed by atoms with Crippen LogP contribution in [-0.2, 0) is 33.7 Å². The van der Waals surface area contributed by atoms with E-state index in [2.05, 4.69) is 27.4 Å². The van der Waals surface area contributed by atoms with Gasteiger partial charge in [-0.05, 0) is 87.1 Å². The Kier molecular flexibility index (Phi) is 14.5. The normalized spacial score (nSPS) is 27.5. The first-order valence-electron chi connectivity index (χ1n) is 19.9. The number of guanidine groups is 1. The molecule has 1 aromatic carbocycles. The Bertz CT molecular complexity index is 1710. The first-order chi connectivity index (χ1) is 26.6. The maximum Gasteiger partial charge on any atom is 0.302 e. The molecule has 14 heteroatoms. The summed E-state index contributed by atoms with van der Waals surface area (Å²) in [5.41, 5.74) is 15.3. The number of nitrogen functional groups attached to an aromatic ring is 1. The number of hydrogen-bond acceptors (Lipinski definition) is 13. The highest BCUT2D eigenvalue weighted by atomic mass is 33.1. The lowest BCUT2D eigenvalue weighted by molar-refractivity contribution is -0.148. The second-order valence-electron chi connectivity index (χ2n) is 15.7. The number of ether oxygens (including phenoxy) is 2. The Morgan fingerprint density at radius 3 is 2.80 bits per heavy atom. The van der Waals surface area contributed by atoms with Crippen LogP contribution >= 0.6 is 21.6 Å². The number of carbonyl (C=O) groups excluding carboxylic acids is 2. The zero-order valence-electron chi connectivity index (χ0n) is 32.0. The quantitative estimate of drug-likeness (QED) is 0.178. The molecule has 3 aliphatic heterocycles. The fraction of sp³-hybridized carbons (Fsp3) is 0.610. The van der Waals surface area contributed by atoms with Crippen LogP contribution in [-0.4, -0.2) is 81.0 Å². The van der Waals surface area contributed by atoms with Gasteiger partial charge in [0.15, 0.2) is 17.5 Å². The largest absolute Gasteiger partial charge is 0.504 e. The first-order valence-corrected chi connectivity index (χ1v) is 22.4. The molecule has 4 bridgehead atoms. The predicted molar refractivity (Wildman–Crippen MR) is 220 cm³/mol. The van der Waals surface area contributed by atoms with Crippen LogP contribution in [0.3, 0.4) is 0 Å². The minimum atomic E-state index is -0.579. The van der Waals surface area contributed by atoms with Crippen molar-refractivity contribution < 1.29 is 29.3 Å². The maximum absolute atomic E-state index is 14.0. The lowest BCUT2D eigenvalue weighted by atomic mass is 9.78. The van der Waals surface area contributed by atoms with Crippen LogP contribution in [0, 0.1) is 11.3 Å². The third-order valence-electron chi connectivity index (χ3n) is 11.4. The van der Waals surface area contributed by atoms with Gasteiger partial charge in [0.05, 0.1) is 12.0 Å². The van der Waals surface area contributed by atoms with Gasteiger partial charge in [0, 0.05) is 73.8 Å². The molecule has 2 fully saturated rings. The summed E-state index contributed by atoms with van der Waals surface area (Å²) in [6, 6.07) is 5.80. The van der Waals surface area contributed by atoms with Crippen LogP contribution in [0.4, 0.5) is 5.82 Å². The fourth-order valence-corrected chi connectivity index (χ4v) is 10.4. The molecule has 55 heavy (non-hydrogen) atoms. The van der Waals surface area contributed by atoms with Crippen molar-refractivity contribution in [2.75, 3.05) is 30.5 Å². The number of aromatic nitrogens is 1. The molecule has 4 heterocycles. The number of aliphatic imine (C=N–C) groups is 1. The van der Waals surface area contributed by atoms with E-state index < -0.39 is 17.6 Å². The molecule has 1 amide bonds. The molecular weight excluding hydrogens is 737 g/mol. The summed E-state index contributed by atoms with van der Waals surface area (Å²) in [7, 11) is 3.46. The average Bonchev–Trinajstić information content (AvgIpc) is 3.65. The topological polar surface area (TPSA) is 186 Å². The summed E-state index contributed by atoms with van der Waals surface area (Å²) >= 11 is 0. The van der Waals surface area contributed by atoms with E-state index in [9.17, 15) is 19.8 Å². The number of esters is 1. The van der Waals surface area contributed by atoms with Gasteiger partial charge in [-0.1, -0.05) is 53.0 Å². The van der Waals surface area contributed by atoms with Crippen molar-refractivity contribution >= 4 is 51.3 Å². The number of aliphatic hydroxyl groups is 1. The Hall–Kier alpha value is -3.62. The molecule has 1 saturated heterocycles. The third-order valence-corrected chi connectivity index (χ3v) is 13.6. The second-order valence-corrected chi connectivity index (χ2v) is 18.3. The van der Waals surface area contributed by atoms with E-state index in [4.69, 9.17) is 20.9 Å². The highest BCUT2D eigenvalue weighted by Gasteiger charge is 2.43. The van der Waals surface area contributed by atoms with Crippen molar-refractivity contribution in [3.05, 3.63) is 52.7 Å². The summed E-state index contributed by atoms with van der Waals surface area (Å²) in [5.74, 6) is 2.78. The number of benzene rings is 1. The minimum Gasteiger partial charge on any atom is -0.504 e. The molecule has 0 unspecified atom stereocenters. The van der Waals surface area contributed by atoms with Crippen molar-refractivity contribution in [1.29, 1.82) is 0 Å². The summed E-state index contributed by atoms with van der Waals surface area (Å²) < 4.78 is 12.4. The number of aryl methyl sites for hydroxylation is 1. The Balaban J connectivity index is 1.30. The lowest BCUT2D eigenvalue weighted by Crippen LogP contribution is -2.37. The van der Waals surface area contributed by atoms with Crippen LogP contribution in [0.15, 0.2) is 35.5 Å². The SMILES string of the molecule is CC(=O)O[C@@H]1CCc2cc(c(O)c3c2C=C[C@H]2CCC[C@H]2O3)CN2C[C@@](Cc3ccnc(N)c3)(CCNC(N)=NCSSCCCCCC[C@H](O)C1)CC2=O. The molecule has 5 atom stereocenters. The third kappa shape index (κ3) is 11.5. The second kappa shape index (κ2) is 19.5. The molecule has 2 aromatic rings. The number of pyridine rings is 1. The fourth-order valence-electron chi connectivity index (χ4n) is 8.64. The minimum absolute atomic E-state index is 0.00549. The lowest BCUT2D eigenvalue weighted by Gasteiger charge is -2.30. The van der Waals surface area contributed by atoms with Crippen molar-refractivity contribution in [2.45, 2.75) is 122 Å². The monoisotopic (exact) mass is 794 g/mol. The van der Waals surface area contributed by atoms with Gasteiger partial charge in [0.1, 0.15) is 18.0 Å². The van der Waals surface area contributed by atoms with E-state index in [0.29, 0.717) is 87.0 Å². The van der Waals surface area contributed by atoms with Gasteiger partial charge >= 0.3 is 5.97 Å². The number of nitrogens with one attached hydrogen (secondary N) is 1. The first kappa shape index (κ1) is 41.0. The maximum atomic E-state index is 14.0. The molecule has 1 aliphatic carbocycles. The molecule has 1 saturated carbocycles. The van der Waals surface area contributed by atoms with Gasteiger partial charge in [-0.3, -0.25) is 9.59 Å². The number of phenols is 1. The van der Waals surface area contributed by atoms with Gasteiger partial charge in [-0.15, -0.1) is 0 Å². The summed E-state index contributed by atoms with van der Waals surface area (Å²) in [6.07, 6.45) is 15.7. The van der Waals surface area contributed by atoms with Crippen LogP contribution in [0.1, 0.15) is 106 Å². The van der Waals surface area contributed by atoms with E-state index in [1.54, 1.807) is 27.8 Å². The van der Waals surface area contributed by atoms with E-state index >= 15 is 0 Å². The number of hydrogen-bond donors (Lipinski definition) is 5. The number of nitrogens with zero attached hydrogens (tertiary/aromatic N) is 3. The van der Waals surface area contributed by atoms with Crippen LogP contribution in [0.25, 0.3) is 6.08 Å². The van der Waals surface area contributed by atoms with E-state index in [-0.39, 0.29) is 36.2 Å². The Morgan fingerprint density at radius 2 is 1.96 bits per heavy atom. The van der Waals surface area contributed by atoms with Crippen LogP contribution < -0.4 is 21.5 Å². The molecule has 0 radical (unpaired) electrons. The molecule has 4 aliphatic rings. The number of fused-ring (bicyclic) bond motifs is 7. The molecule has 12 nitrogen and oxygen atoms in total. The summed E-state index contributed by atoms with van der Waals surface area (Å²) in [5, 5.41) is 26.2. The molecule has 6 rings (SSSR count). The standard InChI is InChI=1S/C41H58N6O6S2/c1-27(48)52-33-12-10-30-20-31(38(51)39-34(30)13-11-29-7-6-9-35(29)53-39)24-47-25-41(23-37(47)50,22-28-14-16-44-36(42)19-28)15-17-45-40(43)46-26-55-54-18-5-3-2-4-8-32(49)21-33/h11,13-14,16,19-20,29,32-33,35,49,51H,2-10,12,15,17-18,21-26H2,1H3,(H2,42,44)(H3,43,45,46)/t29-,32+,33-,35-,41-/m1/s1. The van der Waals surface area contributed by atoms with E-state index in [0.717, 1.165) is 67.4 Å². The van der Waals surface area contributed by atoms with Gasteiger partial charge < -0.3 is 41.4 Å². The number of carbonyl (C=O) groups is 2. The number of aromatic hydroxyl groups is 1. The van der Waals surface area contributed by atoms with Crippen molar-refractivity contribution in [3.8, 4) is 11.5 Å². The highest BCUT2D eigenvalue weighted by molar-refractivity contribution is 8.76. The van der Waals surface area contributed by atoms with Gasteiger partial charge in [0.2, 0.25) is 5.91 Å². The van der Waals surface area contributed by atoms with Gasteiger partial charge in [0.25, 0.3) is 0 Å². The molecular formula is C41H58N6O6S2. The number of aliphatic hydroxyl groups excluding tert-OH is 1. The van der Waals surface area contributed by atoms with Crippen molar-refractivity contribution in [1.82, 2.24) is 15.2 Å². The average molecular weight is 795 g/mol. The van der Waals surface area contributed by atoms with Crippen molar-refractivity contribution in [3.63, 3.8) is 0 Å². The predicted octanol–water partition coefficient (Wildman–Crippen LogP) is 6.12. The number of rotatable bonds is 3. The highest BCUT2D eigenvalue weighted by Crippen LogP contribution is 2.46. The number of amides is 1. The molecule has 7 N–H and O–H groups in total. The van der Waals surface area contributed by atoms with E-state index in [1.807, 2.05) is 23.1 Å². The van der Waals surface area contributed by atoms with Crippen LogP contribution in [0.2, 0.25) is 0 Å².